The minimum atomic E-state index is 0.398. The second-order valence-corrected chi connectivity index (χ2v) is 8.87. The molecule has 1 aromatic rings. The van der Waals surface area contributed by atoms with Gasteiger partial charge in [0.1, 0.15) is 0 Å². The Morgan fingerprint density at radius 1 is 1.08 bits per heavy atom. The summed E-state index contributed by atoms with van der Waals surface area (Å²) < 4.78 is 5.65. The van der Waals surface area contributed by atoms with Gasteiger partial charge in [0.15, 0.2) is 0 Å². The second-order valence-electron chi connectivity index (χ2n) is 7.75. The van der Waals surface area contributed by atoms with Crippen molar-refractivity contribution in [3.63, 3.8) is 0 Å². The summed E-state index contributed by atoms with van der Waals surface area (Å²) in [7, 11) is 0. The Kier molecular flexibility index (Phi) is 5.52. The van der Waals surface area contributed by atoms with Gasteiger partial charge in [0.25, 0.3) is 0 Å². The van der Waals surface area contributed by atoms with Crippen LogP contribution in [-0.4, -0.2) is 66.8 Å². The molecule has 0 radical (unpaired) electrons. The summed E-state index contributed by atoms with van der Waals surface area (Å²) in [6, 6.07) is 0. The lowest BCUT2D eigenvalue weighted by Crippen LogP contribution is -2.46. The average Bonchev–Trinajstić information content (AvgIpc) is 3.05. The normalized spacial score (nSPS) is 29.5. The molecule has 0 saturated carbocycles. The summed E-state index contributed by atoms with van der Waals surface area (Å²) in [4.78, 5) is 11.9. The van der Waals surface area contributed by atoms with Crippen molar-refractivity contribution in [2.24, 2.45) is 0 Å². The second kappa shape index (κ2) is 7.81. The van der Waals surface area contributed by atoms with Crippen molar-refractivity contribution in [2.75, 3.05) is 45.9 Å². The third kappa shape index (κ3) is 4.01. The predicted molar refractivity (Wildman–Crippen MR) is 99.0 cm³/mol. The van der Waals surface area contributed by atoms with Crippen LogP contribution in [0.5, 0.6) is 0 Å². The first kappa shape index (κ1) is 17.0. The van der Waals surface area contributed by atoms with Crippen molar-refractivity contribution in [1.82, 2.24) is 14.8 Å². The SMILES string of the molecule is CC1CN(CCN2CCCC(c3nc4c(s3)CCCC4)C2)CCO1. The first-order valence-electron chi connectivity index (χ1n) is 9.83. The molecule has 24 heavy (non-hydrogen) atoms. The van der Waals surface area contributed by atoms with Crippen LogP contribution < -0.4 is 0 Å². The lowest BCUT2D eigenvalue weighted by Gasteiger charge is -2.35. The van der Waals surface area contributed by atoms with Gasteiger partial charge in [0, 0.05) is 43.5 Å². The van der Waals surface area contributed by atoms with Gasteiger partial charge in [-0.1, -0.05) is 0 Å². The molecule has 2 fully saturated rings. The van der Waals surface area contributed by atoms with Crippen LogP contribution in [0.1, 0.15) is 54.1 Å². The molecule has 0 amide bonds. The Labute approximate surface area is 150 Å². The third-order valence-corrected chi connectivity index (χ3v) is 7.09. The van der Waals surface area contributed by atoms with Gasteiger partial charge in [-0.25, -0.2) is 4.98 Å². The van der Waals surface area contributed by atoms with E-state index in [0.717, 1.165) is 19.7 Å². The number of piperidine rings is 1. The van der Waals surface area contributed by atoms with Gasteiger partial charge in [-0.3, -0.25) is 4.90 Å². The van der Waals surface area contributed by atoms with Crippen molar-refractivity contribution in [2.45, 2.75) is 57.5 Å². The largest absolute Gasteiger partial charge is 0.376 e. The maximum Gasteiger partial charge on any atom is 0.0974 e. The van der Waals surface area contributed by atoms with Crippen molar-refractivity contribution >= 4 is 11.3 Å². The molecular formula is C19H31N3OS. The van der Waals surface area contributed by atoms with E-state index >= 15 is 0 Å². The molecule has 4 rings (SSSR count). The van der Waals surface area contributed by atoms with Gasteiger partial charge < -0.3 is 9.64 Å². The van der Waals surface area contributed by atoms with Crippen LogP contribution in [0.15, 0.2) is 0 Å². The maximum absolute atomic E-state index is 5.65. The highest BCUT2D eigenvalue weighted by Gasteiger charge is 2.26. The Bertz CT molecular complexity index is 523. The van der Waals surface area contributed by atoms with E-state index in [4.69, 9.17) is 9.72 Å². The van der Waals surface area contributed by atoms with Gasteiger partial charge in [-0.2, -0.15) is 0 Å². The molecule has 0 N–H and O–H groups in total. The summed E-state index contributed by atoms with van der Waals surface area (Å²) in [5.41, 5.74) is 1.43. The van der Waals surface area contributed by atoms with E-state index in [-0.39, 0.29) is 0 Å². The molecule has 1 aliphatic carbocycles. The van der Waals surface area contributed by atoms with Crippen molar-refractivity contribution < 1.29 is 4.74 Å². The molecule has 1 aromatic heterocycles. The molecular weight excluding hydrogens is 318 g/mol. The van der Waals surface area contributed by atoms with Crippen LogP contribution in [0.4, 0.5) is 0 Å². The zero-order valence-corrected chi connectivity index (χ0v) is 15.8. The van der Waals surface area contributed by atoms with Crippen LogP contribution in [0, 0.1) is 0 Å². The van der Waals surface area contributed by atoms with E-state index in [2.05, 4.69) is 16.7 Å². The summed E-state index contributed by atoms with van der Waals surface area (Å²) in [6.07, 6.45) is 8.26. The number of fused-ring (bicyclic) bond motifs is 1. The molecule has 5 heteroatoms. The van der Waals surface area contributed by atoms with Crippen LogP contribution in [0.3, 0.4) is 0 Å². The van der Waals surface area contributed by atoms with E-state index in [1.807, 2.05) is 11.3 Å². The fraction of sp³-hybridized carbons (Fsp3) is 0.842. The summed E-state index contributed by atoms with van der Waals surface area (Å²) in [5.74, 6) is 0.679. The van der Waals surface area contributed by atoms with Crippen LogP contribution >= 0.6 is 11.3 Å². The van der Waals surface area contributed by atoms with Gasteiger partial charge in [-0.05, 0) is 52.0 Å². The van der Waals surface area contributed by atoms with E-state index in [9.17, 15) is 0 Å². The Morgan fingerprint density at radius 2 is 1.92 bits per heavy atom. The zero-order chi connectivity index (χ0) is 16.4. The lowest BCUT2D eigenvalue weighted by molar-refractivity contribution is -0.0212. The molecule has 134 valence electrons. The molecule has 2 atom stereocenters. The summed E-state index contributed by atoms with van der Waals surface area (Å²) >= 11 is 2.03. The molecule has 0 spiro atoms. The molecule has 0 aromatic carbocycles. The van der Waals surface area contributed by atoms with E-state index < -0.39 is 0 Å². The highest BCUT2D eigenvalue weighted by molar-refractivity contribution is 7.11. The number of ether oxygens (including phenoxy) is 1. The first-order chi connectivity index (χ1) is 11.8. The fourth-order valence-electron chi connectivity index (χ4n) is 4.38. The number of thiazole rings is 1. The van der Waals surface area contributed by atoms with E-state index in [0.29, 0.717) is 12.0 Å². The molecule has 2 unspecified atom stereocenters. The molecule has 3 heterocycles. The van der Waals surface area contributed by atoms with Crippen LogP contribution in [-0.2, 0) is 17.6 Å². The molecule has 2 saturated heterocycles. The van der Waals surface area contributed by atoms with Crippen molar-refractivity contribution in [3.8, 4) is 0 Å². The van der Waals surface area contributed by atoms with E-state index in [1.165, 1.54) is 75.4 Å². The minimum Gasteiger partial charge on any atom is -0.376 e. The quantitative estimate of drug-likeness (QED) is 0.836. The van der Waals surface area contributed by atoms with Gasteiger partial charge in [0.2, 0.25) is 0 Å². The van der Waals surface area contributed by atoms with Crippen molar-refractivity contribution in [1.29, 1.82) is 0 Å². The standard InChI is InChI=1S/C19H31N3OS/c1-15-13-22(11-12-23-15)10-9-21-8-4-5-16(14-21)19-20-17-6-2-3-7-18(17)24-19/h15-16H,2-14H2,1H3. The number of aryl methyl sites for hydroxylation is 2. The molecule has 3 aliphatic rings. The Morgan fingerprint density at radius 3 is 2.75 bits per heavy atom. The monoisotopic (exact) mass is 349 g/mol. The third-order valence-electron chi connectivity index (χ3n) is 5.77. The van der Waals surface area contributed by atoms with Gasteiger partial charge in [0.05, 0.1) is 23.4 Å². The van der Waals surface area contributed by atoms with Gasteiger partial charge in [-0.15, -0.1) is 11.3 Å². The minimum absolute atomic E-state index is 0.398. The topological polar surface area (TPSA) is 28.6 Å². The molecule has 4 nitrogen and oxygen atoms in total. The number of hydrogen-bond acceptors (Lipinski definition) is 5. The first-order valence-corrected chi connectivity index (χ1v) is 10.6. The Hall–Kier alpha value is -0.490. The number of nitrogens with zero attached hydrogens (tertiary/aromatic N) is 3. The number of rotatable bonds is 4. The van der Waals surface area contributed by atoms with E-state index in [1.54, 1.807) is 4.88 Å². The fourth-order valence-corrected chi connectivity index (χ4v) is 5.66. The lowest BCUT2D eigenvalue weighted by atomic mass is 9.98. The summed E-state index contributed by atoms with van der Waals surface area (Å²) in [5, 5.41) is 1.44. The number of morpholine rings is 1. The molecule has 2 aliphatic heterocycles. The van der Waals surface area contributed by atoms with Crippen LogP contribution in [0.25, 0.3) is 0 Å². The van der Waals surface area contributed by atoms with Crippen LogP contribution in [0.2, 0.25) is 0 Å². The maximum atomic E-state index is 5.65. The predicted octanol–water partition coefficient (Wildman–Crippen LogP) is 2.92. The summed E-state index contributed by atoms with van der Waals surface area (Å²) in [6.45, 7) is 10.1. The van der Waals surface area contributed by atoms with Crippen molar-refractivity contribution in [3.05, 3.63) is 15.6 Å². The Balaban J connectivity index is 1.31. The zero-order valence-electron chi connectivity index (χ0n) is 15.0. The average molecular weight is 350 g/mol. The highest BCUT2D eigenvalue weighted by atomic mass is 32.1. The number of hydrogen-bond donors (Lipinski definition) is 0. The molecule has 0 bridgehead atoms. The van der Waals surface area contributed by atoms with Gasteiger partial charge >= 0.3 is 0 Å². The number of aromatic nitrogens is 1. The number of likely N-dealkylation sites (tertiary alicyclic amines) is 1. The smallest absolute Gasteiger partial charge is 0.0974 e. The highest BCUT2D eigenvalue weighted by Crippen LogP contribution is 2.34.